The van der Waals surface area contributed by atoms with Gasteiger partial charge in [0.15, 0.2) is 0 Å². The number of methoxy groups -OCH3 is 1. The third-order valence-corrected chi connectivity index (χ3v) is 3.41. The molecule has 0 N–H and O–H groups in total. The normalized spacial score (nSPS) is 10.8. The number of hydrogen-bond acceptors (Lipinski definition) is 1. The summed E-state index contributed by atoms with van der Waals surface area (Å²) < 4.78 is 7.38. The van der Waals surface area contributed by atoms with E-state index >= 15 is 0 Å². The first-order valence-electron chi connectivity index (χ1n) is 6.05. The fourth-order valence-corrected chi connectivity index (χ4v) is 2.27. The van der Waals surface area contributed by atoms with Gasteiger partial charge in [0.25, 0.3) is 0 Å². The van der Waals surface area contributed by atoms with E-state index in [4.69, 9.17) is 16.3 Å². The Morgan fingerprint density at radius 1 is 1.16 bits per heavy atom. The maximum atomic E-state index is 5.90. The lowest BCUT2D eigenvalue weighted by atomic mass is 10.2. The molecule has 0 saturated carbocycles. The van der Waals surface area contributed by atoms with E-state index in [2.05, 4.69) is 16.7 Å². The second-order valence-corrected chi connectivity index (χ2v) is 4.85. The van der Waals surface area contributed by atoms with Crippen molar-refractivity contribution in [2.45, 2.75) is 6.54 Å². The molecule has 3 rings (SSSR count). The zero-order chi connectivity index (χ0) is 13.2. The predicted molar refractivity (Wildman–Crippen MR) is 77.9 cm³/mol. The molecule has 0 aliphatic heterocycles. The summed E-state index contributed by atoms with van der Waals surface area (Å²) in [6.07, 6.45) is 1.97. The van der Waals surface area contributed by atoms with Crippen LogP contribution in [0.2, 0.25) is 5.02 Å². The van der Waals surface area contributed by atoms with Crippen LogP contribution in [0.25, 0.3) is 10.9 Å². The molecule has 0 bridgehead atoms. The molecule has 2 nitrogen and oxygen atoms in total. The van der Waals surface area contributed by atoms with Gasteiger partial charge in [-0.3, -0.25) is 0 Å². The summed E-state index contributed by atoms with van der Waals surface area (Å²) in [5.41, 5.74) is 2.36. The average Bonchev–Trinajstić information content (AvgIpc) is 2.83. The van der Waals surface area contributed by atoms with E-state index < -0.39 is 0 Å². The fraction of sp³-hybridized carbons (Fsp3) is 0.125. The van der Waals surface area contributed by atoms with Gasteiger partial charge in [-0.1, -0.05) is 23.7 Å². The number of rotatable bonds is 3. The third kappa shape index (κ3) is 2.45. The molecule has 1 aromatic heterocycles. The van der Waals surface area contributed by atoms with Crippen LogP contribution in [0.1, 0.15) is 5.56 Å². The monoisotopic (exact) mass is 270 g/mol. The highest BCUT2D eigenvalue weighted by atomic mass is 35.5. The van der Waals surface area contributed by atoms with Crippen molar-refractivity contribution in [1.82, 2.24) is 4.57 Å². The second kappa shape index (κ2) is 4.98. The zero-order valence-corrected chi connectivity index (χ0v) is 11.3. The summed E-state index contributed by atoms with van der Waals surface area (Å²) in [6.45, 7) is 0.809. The number of halogens is 1. The predicted octanol–water partition coefficient (Wildman–Crippen LogP) is 4.15. The lowest BCUT2D eigenvalue weighted by molar-refractivity contribution is 0.415. The van der Waals surface area contributed by atoms with E-state index in [-0.39, 0.29) is 0 Å². The van der Waals surface area contributed by atoms with Crippen LogP contribution in [0.4, 0.5) is 0 Å². The summed E-state index contributed by atoms with van der Waals surface area (Å²) in [4.78, 5) is 0. The highest BCUT2D eigenvalue weighted by Crippen LogP contribution is 2.22. The van der Waals surface area contributed by atoms with Crippen LogP contribution in [0.15, 0.2) is 48.7 Å². The van der Waals surface area contributed by atoms with E-state index in [1.807, 2.05) is 42.6 Å². The summed E-state index contributed by atoms with van der Waals surface area (Å²) in [6, 6.07) is 17.2. The number of benzene rings is 2. The summed E-state index contributed by atoms with van der Waals surface area (Å²) in [5, 5.41) is 1.82. The standard InChI is InChI=1S/C16H13ClNO/c1-19-15-6-7-16-13(10-15)8-9-18(16)11-12-2-4-14(17)5-3-12/h2-7,9-10H,11H2,1H3. The first-order valence-corrected chi connectivity index (χ1v) is 6.43. The van der Waals surface area contributed by atoms with Crippen molar-refractivity contribution in [3.05, 3.63) is 65.3 Å². The van der Waals surface area contributed by atoms with E-state index in [0.29, 0.717) is 0 Å². The molecule has 0 aliphatic carbocycles. The van der Waals surface area contributed by atoms with Crippen LogP contribution >= 0.6 is 11.6 Å². The Morgan fingerprint density at radius 2 is 1.95 bits per heavy atom. The minimum absolute atomic E-state index is 0.761. The fourth-order valence-electron chi connectivity index (χ4n) is 2.14. The van der Waals surface area contributed by atoms with Crippen molar-refractivity contribution in [3.8, 4) is 5.75 Å². The van der Waals surface area contributed by atoms with Gasteiger partial charge >= 0.3 is 0 Å². The first kappa shape index (κ1) is 12.1. The molecule has 0 spiro atoms. The van der Waals surface area contributed by atoms with Gasteiger partial charge in [-0.15, -0.1) is 0 Å². The summed E-state index contributed by atoms with van der Waals surface area (Å²) >= 11 is 5.90. The van der Waals surface area contributed by atoms with Crippen LogP contribution in [-0.4, -0.2) is 11.7 Å². The first-order chi connectivity index (χ1) is 9.26. The highest BCUT2D eigenvalue weighted by Gasteiger charge is 2.03. The quantitative estimate of drug-likeness (QED) is 0.697. The molecular weight excluding hydrogens is 258 g/mol. The maximum absolute atomic E-state index is 5.90. The molecule has 2 aromatic carbocycles. The molecule has 0 saturated heterocycles. The topological polar surface area (TPSA) is 14.2 Å². The van der Waals surface area contributed by atoms with Crippen molar-refractivity contribution >= 4 is 22.5 Å². The molecule has 0 unspecified atom stereocenters. The van der Waals surface area contributed by atoms with Crippen molar-refractivity contribution in [3.63, 3.8) is 0 Å². The summed E-state index contributed by atoms with van der Waals surface area (Å²) in [5.74, 6) is 0.855. The minimum Gasteiger partial charge on any atom is -0.497 e. The van der Waals surface area contributed by atoms with Gasteiger partial charge in [0.1, 0.15) is 5.75 Å². The minimum atomic E-state index is 0.761. The van der Waals surface area contributed by atoms with Crippen molar-refractivity contribution in [1.29, 1.82) is 0 Å². The number of aromatic nitrogens is 1. The number of hydrogen-bond donors (Lipinski definition) is 0. The van der Waals surface area contributed by atoms with E-state index in [0.717, 1.165) is 28.2 Å². The molecular formula is C16H13ClNO. The van der Waals surface area contributed by atoms with Gasteiger partial charge in [-0.2, -0.15) is 0 Å². The van der Waals surface area contributed by atoms with Gasteiger partial charge < -0.3 is 9.30 Å². The Labute approximate surface area is 117 Å². The third-order valence-electron chi connectivity index (χ3n) is 3.16. The van der Waals surface area contributed by atoms with Gasteiger partial charge in [0.05, 0.1) is 7.11 Å². The molecule has 3 heteroatoms. The second-order valence-electron chi connectivity index (χ2n) is 4.41. The molecule has 0 atom stereocenters. The number of fused-ring (bicyclic) bond motifs is 1. The van der Waals surface area contributed by atoms with E-state index in [1.165, 1.54) is 5.56 Å². The molecule has 3 aromatic rings. The summed E-state index contributed by atoms with van der Waals surface area (Å²) in [7, 11) is 1.67. The van der Waals surface area contributed by atoms with Gasteiger partial charge in [-0.25, -0.2) is 0 Å². The van der Waals surface area contributed by atoms with Crippen molar-refractivity contribution in [2.24, 2.45) is 0 Å². The largest absolute Gasteiger partial charge is 0.497 e. The lowest BCUT2D eigenvalue weighted by Crippen LogP contribution is -1.97. The average molecular weight is 271 g/mol. The SMILES string of the molecule is COc1ccc2c([c]cn2Cc2ccc(Cl)cc2)c1. The molecule has 1 heterocycles. The van der Waals surface area contributed by atoms with E-state index in [9.17, 15) is 0 Å². The van der Waals surface area contributed by atoms with Gasteiger partial charge in [-0.05, 0) is 35.9 Å². The Hall–Kier alpha value is -1.93. The Bertz CT molecular complexity index is 700. The van der Waals surface area contributed by atoms with Crippen LogP contribution in [0, 0.1) is 6.07 Å². The van der Waals surface area contributed by atoms with Crippen LogP contribution in [0.3, 0.4) is 0 Å². The Morgan fingerprint density at radius 3 is 2.68 bits per heavy atom. The van der Waals surface area contributed by atoms with Crippen LogP contribution in [-0.2, 0) is 6.54 Å². The van der Waals surface area contributed by atoms with Crippen molar-refractivity contribution in [2.75, 3.05) is 7.11 Å². The molecule has 1 radical (unpaired) electrons. The van der Waals surface area contributed by atoms with Gasteiger partial charge in [0, 0.05) is 34.7 Å². The highest BCUT2D eigenvalue weighted by molar-refractivity contribution is 6.30. The van der Waals surface area contributed by atoms with Crippen LogP contribution in [0.5, 0.6) is 5.75 Å². The maximum Gasteiger partial charge on any atom is 0.119 e. The lowest BCUT2D eigenvalue weighted by Gasteiger charge is -2.06. The number of ether oxygens (including phenoxy) is 1. The zero-order valence-electron chi connectivity index (χ0n) is 10.6. The molecule has 95 valence electrons. The molecule has 0 amide bonds. The Kier molecular flexibility index (Phi) is 3.18. The molecule has 0 fully saturated rings. The smallest absolute Gasteiger partial charge is 0.119 e. The van der Waals surface area contributed by atoms with Crippen molar-refractivity contribution < 1.29 is 4.74 Å². The Balaban J connectivity index is 1.95. The molecule has 0 aliphatic rings. The molecule has 19 heavy (non-hydrogen) atoms. The number of nitrogens with zero attached hydrogens (tertiary/aromatic N) is 1. The van der Waals surface area contributed by atoms with Gasteiger partial charge in [0.2, 0.25) is 0 Å². The van der Waals surface area contributed by atoms with E-state index in [1.54, 1.807) is 7.11 Å². The van der Waals surface area contributed by atoms with Crippen LogP contribution < -0.4 is 4.74 Å².